The maximum Gasteiger partial charge on any atom is 0.325 e. The summed E-state index contributed by atoms with van der Waals surface area (Å²) >= 11 is 0. The van der Waals surface area contributed by atoms with Crippen molar-refractivity contribution < 1.29 is 19.5 Å². The van der Waals surface area contributed by atoms with Gasteiger partial charge in [0.05, 0.1) is 29.1 Å². The Hall–Kier alpha value is -5.84. The van der Waals surface area contributed by atoms with Crippen LogP contribution < -0.4 is 51.2 Å². The number of aliphatic imine (C=N–C) groups is 3. The summed E-state index contributed by atoms with van der Waals surface area (Å²) in [5, 5.41) is 11.6. The van der Waals surface area contributed by atoms with Crippen LogP contribution in [-0.2, 0) is 14.4 Å². The number of hydrogen-bond donors (Lipinski definition) is 10. The number of nitrogens with two attached hydrogens (primary N) is 8. The molecular weight excluding hydrogens is 664 g/mol. The monoisotopic (exact) mass is 724 g/mol. The molecule has 18 N–H and O–H groups in total. The van der Waals surface area contributed by atoms with E-state index in [1.807, 2.05) is 53.7 Å². The van der Waals surface area contributed by atoms with Crippen molar-refractivity contribution in [3.05, 3.63) is 89.5 Å². The number of nitrogens with zero attached hydrogens (tertiary/aromatic N) is 3. The van der Waals surface area contributed by atoms with E-state index < -0.39 is 18.1 Å². The van der Waals surface area contributed by atoms with Crippen LogP contribution in [0.5, 0.6) is 0 Å². The van der Waals surface area contributed by atoms with E-state index in [9.17, 15) is 14.4 Å². The zero-order chi connectivity index (χ0) is 41.0. The van der Waals surface area contributed by atoms with Crippen molar-refractivity contribution in [2.45, 2.75) is 73.5 Å². The first-order chi connectivity index (χ1) is 24.5. The Morgan fingerprint density at radius 2 is 0.788 bits per heavy atom. The fourth-order valence-corrected chi connectivity index (χ4v) is 3.68. The van der Waals surface area contributed by atoms with Gasteiger partial charge in [0.25, 0.3) is 0 Å². The largest absolute Gasteiger partial charge is 0.480 e. The summed E-state index contributed by atoms with van der Waals surface area (Å²) in [5.41, 5.74) is 46.4. The van der Waals surface area contributed by atoms with Crippen LogP contribution in [0.25, 0.3) is 0 Å². The molecule has 0 heterocycles. The molecule has 52 heavy (non-hydrogen) atoms. The van der Waals surface area contributed by atoms with Crippen LogP contribution in [0.3, 0.4) is 0 Å². The van der Waals surface area contributed by atoms with Crippen LogP contribution in [0.2, 0.25) is 0 Å². The molecule has 0 fully saturated rings. The number of nitrogens with one attached hydrogen (secondary N) is 1. The Kier molecular flexibility index (Phi) is 28.1. The second kappa shape index (κ2) is 28.9. The number of Topliss-reactive ketones (excluding diaryl/α,β-unsaturated/α-hetero) is 2. The number of aliphatic carboxylic acids is 1. The lowest BCUT2D eigenvalue weighted by molar-refractivity contribution is -0.138. The zero-order valence-corrected chi connectivity index (χ0v) is 31.8. The summed E-state index contributed by atoms with van der Waals surface area (Å²) in [7, 11) is 1.75. The van der Waals surface area contributed by atoms with Gasteiger partial charge in [0, 0.05) is 0 Å². The molecule has 0 radical (unpaired) electrons. The standard InChI is InChI=1S/C11H16N4O.C10H14N4O.C9H12N4O2.3C2H6/c1-7(16)10(14-2)8-3-5-9(6-4-8)15-11(12)13;1-6(15)9(11)7-2-4-8(5-3-7)14-10(12)13;10-7(8(14)15)5-1-3-6(4-2-5)13-9(11)12;3*1-2/h3-6,10,14H,1-2H3,(H4,12,13,15);2-5,9H,11H2,1H3,(H4,12,13,14);1-4,7H,10H2,(H,14,15)(H4,11,12,13);3*1-2H3. The highest BCUT2D eigenvalue weighted by atomic mass is 16.4. The van der Waals surface area contributed by atoms with Crippen LogP contribution >= 0.6 is 0 Å². The average Bonchev–Trinajstić information content (AvgIpc) is 3.11. The highest BCUT2D eigenvalue weighted by molar-refractivity contribution is 5.84. The van der Waals surface area contributed by atoms with E-state index >= 15 is 0 Å². The van der Waals surface area contributed by atoms with Crippen molar-refractivity contribution in [1.82, 2.24) is 5.32 Å². The lowest BCUT2D eigenvalue weighted by Gasteiger charge is -2.12. The molecule has 3 unspecified atom stereocenters. The molecule has 0 saturated heterocycles. The van der Waals surface area contributed by atoms with Crippen molar-refractivity contribution in [2.24, 2.45) is 60.8 Å². The minimum atomic E-state index is -1.08. The summed E-state index contributed by atoms with van der Waals surface area (Å²) in [6, 6.07) is 18.5. The van der Waals surface area contributed by atoms with Crippen LogP contribution in [0.15, 0.2) is 87.8 Å². The predicted octanol–water partition coefficient (Wildman–Crippen LogP) is 3.38. The first kappa shape index (κ1) is 50.5. The molecular formula is C36H60N12O4. The molecule has 0 aromatic heterocycles. The Labute approximate surface area is 307 Å². The van der Waals surface area contributed by atoms with Gasteiger partial charge in [0.1, 0.15) is 6.04 Å². The second-order valence-electron chi connectivity index (χ2n) is 9.62. The Morgan fingerprint density at radius 1 is 0.519 bits per heavy atom. The van der Waals surface area contributed by atoms with E-state index in [1.165, 1.54) is 6.92 Å². The van der Waals surface area contributed by atoms with Crippen molar-refractivity contribution in [3.8, 4) is 0 Å². The van der Waals surface area contributed by atoms with Crippen LogP contribution in [-0.4, -0.2) is 47.6 Å². The van der Waals surface area contributed by atoms with Crippen molar-refractivity contribution in [2.75, 3.05) is 7.05 Å². The van der Waals surface area contributed by atoms with E-state index in [0.717, 1.165) is 11.1 Å². The molecule has 16 heteroatoms. The Balaban J connectivity index is -0.000000644. The van der Waals surface area contributed by atoms with E-state index in [1.54, 1.807) is 74.6 Å². The van der Waals surface area contributed by atoms with Gasteiger partial charge in [-0.1, -0.05) is 77.9 Å². The molecule has 288 valence electrons. The van der Waals surface area contributed by atoms with Gasteiger partial charge in [-0.25, -0.2) is 15.0 Å². The average molecular weight is 725 g/mol. The SMILES string of the molecule is CC.CC.CC.CC(=O)C(N)c1ccc(N=C(N)N)cc1.CNC(C(C)=O)c1ccc(N=C(N)N)cc1.NC(N)=Nc1ccc(C(N)C(=O)O)cc1. The Morgan fingerprint density at radius 3 is 1.00 bits per heavy atom. The van der Waals surface area contributed by atoms with E-state index in [-0.39, 0.29) is 35.5 Å². The zero-order valence-electron chi connectivity index (χ0n) is 31.8. The predicted molar refractivity (Wildman–Crippen MR) is 214 cm³/mol. The number of likely N-dealkylation sites (N-methyl/N-ethyl adjacent to an activating group) is 1. The van der Waals surface area contributed by atoms with Gasteiger partial charge in [-0.05, 0) is 74.0 Å². The summed E-state index contributed by atoms with van der Waals surface area (Å²) < 4.78 is 0. The highest BCUT2D eigenvalue weighted by Crippen LogP contribution is 2.19. The number of guanidine groups is 3. The lowest BCUT2D eigenvalue weighted by atomic mass is 10.0. The number of carbonyl (C=O) groups is 3. The maximum absolute atomic E-state index is 11.3. The molecule has 0 aliphatic carbocycles. The topological polar surface area (TPSA) is 329 Å². The number of hydrogen-bond acceptors (Lipinski definition) is 9. The van der Waals surface area contributed by atoms with Gasteiger partial charge in [-0.2, -0.15) is 0 Å². The third-order valence-electron chi connectivity index (χ3n) is 5.90. The first-order valence-corrected chi connectivity index (χ1v) is 16.6. The fourth-order valence-electron chi connectivity index (χ4n) is 3.68. The maximum atomic E-state index is 11.3. The van der Waals surface area contributed by atoms with E-state index in [0.29, 0.717) is 22.6 Å². The molecule has 16 nitrogen and oxygen atoms in total. The molecule has 0 saturated carbocycles. The van der Waals surface area contributed by atoms with Gasteiger partial charge in [-0.15, -0.1) is 0 Å². The molecule has 3 aromatic carbocycles. The summed E-state index contributed by atoms with van der Waals surface area (Å²) in [4.78, 5) is 44.4. The van der Waals surface area contributed by atoms with Crippen LogP contribution in [0.1, 0.15) is 90.2 Å². The second-order valence-corrected chi connectivity index (χ2v) is 9.62. The van der Waals surface area contributed by atoms with Crippen molar-refractivity contribution in [3.63, 3.8) is 0 Å². The van der Waals surface area contributed by atoms with E-state index in [4.69, 9.17) is 51.0 Å². The number of carboxylic acids is 1. The normalized spacial score (nSPS) is 10.8. The molecule has 3 aromatic rings. The number of benzene rings is 3. The minimum Gasteiger partial charge on any atom is -0.480 e. The number of ketones is 2. The summed E-state index contributed by atoms with van der Waals surface area (Å²) in [6.07, 6.45) is 0. The highest BCUT2D eigenvalue weighted by Gasteiger charge is 2.14. The van der Waals surface area contributed by atoms with Gasteiger partial charge in [0.15, 0.2) is 29.4 Å². The molecule has 3 atom stereocenters. The Bertz CT molecular complexity index is 1450. The molecule has 0 aliphatic heterocycles. The smallest absolute Gasteiger partial charge is 0.325 e. The third kappa shape index (κ3) is 21.3. The van der Waals surface area contributed by atoms with Gasteiger partial charge >= 0.3 is 5.97 Å². The molecule has 0 amide bonds. The first-order valence-electron chi connectivity index (χ1n) is 16.6. The third-order valence-corrected chi connectivity index (χ3v) is 5.90. The summed E-state index contributed by atoms with van der Waals surface area (Å²) in [6.45, 7) is 15.0. The molecule has 0 spiro atoms. The molecule has 0 bridgehead atoms. The van der Waals surface area contributed by atoms with Crippen LogP contribution in [0, 0.1) is 0 Å². The quantitative estimate of drug-likeness (QED) is 0.106. The fraction of sp³-hybridized carbons (Fsp3) is 0.333. The minimum absolute atomic E-state index is 0.00128. The molecule has 3 rings (SSSR count). The van der Waals surface area contributed by atoms with Gasteiger partial charge < -0.3 is 56.3 Å². The number of carbonyl (C=O) groups excluding carboxylic acids is 2. The summed E-state index contributed by atoms with van der Waals surface area (Å²) in [5.74, 6) is -1.13. The van der Waals surface area contributed by atoms with Gasteiger partial charge in [-0.3, -0.25) is 14.4 Å². The van der Waals surface area contributed by atoms with Gasteiger partial charge in [0.2, 0.25) is 0 Å². The van der Waals surface area contributed by atoms with Crippen molar-refractivity contribution >= 4 is 52.5 Å². The number of carboxylic acid groups (broad SMARTS) is 1. The lowest BCUT2D eigenvalue weighted by Crippen LogP contribution is -2.23. The number of rotatable bonds is 10. The van der Waals surface area contributed by atoms with E-state index in [2.05, 4.69) is 20.3 Å². The van der Waals surface area contributed by atoms with Crippen LogP contribution in [0.4, 0.5) is 17.1 Å². The van der Waals surface area contributed by atoms with Crippen molar-refractivity contribution in [1.29, 1.82) is 0 Å². The molecule has 0 aliphatic rings.